The van der Waals surface area contributed by atoms with Gasteiger partial charge in [0.25, 0.3) is 0 Å². The number of methoxy groups -OCH3 is 1. The number of carbonyl (C=O) groups excluding carboxylic acids is 2. The van der Waals surface area contributed by atoms with Crippen LogP contribution in [0.5, 0.6) is 0 Å². The van der Waals surface area contributed by atoms with E-state index in [1.54, 1.807) is 0 Å². The molecule has 1 aliphatic rings. The molecule has 0 saturated heterocycles. The van der Waals surface area contributed by atoms with Gasteiger partial charge in [-0.25, -0.2) is 0 Å². The maximum Gasteiger partial charge on any atom is 0.305 e. The van der Waals surface area contributed by atoms with Crippen LogP contribution < -0.4 is 0 Å². The zero-order valence-electron chi connectivity index (χ0n) is 20.6. The first kappa shape index (κ1) is 28.2. The van der Waals surface area contributed by atoms with Gasteiger partial charge in [0.2, 0.25) is 0 Å². The van der Waals surface area contributed by atoms with Crippen LogP contribution in [-0.4, -0.2) is 40.0 Å². The van der Waals surface area contributed by atoms with E-state index in [-0.39, 0.29) is 30.0 Å². The first-order chi connectivity index (χ1) is 16.4. The van der Waals surface area contributed by atoms with Crippen LogP contribution in [0.1, 0.15) is 69.8 Å². The number of carbonyl (C=O) groups is 2. The fourth-order valence-corrected chi connectivity index (χ4v) is 5.46. The average molecular weight is 489 g/mol. The lowest BCUT2D eigenvalue weighted by molar-refractivity contribution is -0.140. The normalized spacial score (nSPS) is 21.5. The standard InChI is InChI=1S/C28H40O5S/c1-22-16-18-23(19-17-22)34(32)20-12-8-4-3-5-9-13-24-25(27(30)21-26(24)29)14-10-6-7-11-15-28(31)33-2/h5-6,9-10,16-19,24-26,29H,3-4,7-8,11-15,20-21H2,1-2H3/b9-5+,10-6-/t24-,25-,26-,34?/m1/s1. The van der Waals surface area contributed by atoms with Crippen LogP contribution in [0, 0.1) is 18.8 Å². The number of unbranched alkanes of at least 4 members (excludes halogenated alkanes) is 4. The van der Waals surface area contributed by atoms with E-state index in [0.717, 1.165) is 43.4 Å². The highest BCUT2D eigenvalue weighted by Crippen LogP contribution is 2.35. The second-order valence-corrected chi connectivity index (χ2v) is 10.7. The zero-order valence-corrected chi connectivity index (χ0v) is 21.4. The summed E-state index contributed by atoms with van der Waals surface area (Å²) in [5.74, 6) is 0.480. The van der Waals surface area contributed by atoms with Gasteiger partial charge in [0.05, 0.1) is 24.0 Å². The molecule has 2 rings (SSSR count). The number of ether oxygens (including phenoxy) is 1. The van der Waals surface area contributed by atoms with Crippen molar-refractivity contribution in [3.8, 4) is 0 Å². The molecule has 188 valence electrons. The van der Waals surface area contributed by atoms with Crippen LogP contribution in [0.4, 0.5) is 0 Å². The molecule has 4 atom stereocenters. The Morgan fingerprint density at radius 3 is 2.41 bits per heavy atom. The van der Waals surface area contributed by atoms with E-state index in [4.69, 9.17) is 0 Å². The van der Waals surface area contributed by atoms with Crippen molar-refractivity contribution in [2.45, 2.75) is 82.1 Å². The maximum atomic E-state index is 12.3. The number of Topliss-reactive ketones (excluding diaryl/α,β-unsaturated/α-hetero) is 1. The van der Waals surface area contributed by atoms with Crippen molar-refractivity contribution < 1.29 is 23.6 Å². The molecular weight excluding hydrogens is 448 g/mol. The second kappa shape index (κ2) is 15.8. The van der Waals surface area contributed by atoms with E-state index in [1.165, 1.54) is 12.7 Å². The molecule has 0 spiro atoms. The van der Waals surface area contributed by atoms with E-state index < -0.39 is 16.9 Å². The summed E-state index contributed by atoms with van der Waals surface area (Å²) in [6, 6.07) is 7.90. The van der Waals surface area contributed by atoms with Crippen LogP contribution in [0.3, 0.4) is 0 Å². The third kappa shape index (κ3) is 10.1. The summed E-state index contributed by atoms with van der Waals surface area (Å²) in [5.41, 5.74) is 1.18. The summed E-state index contributed by atoms with van der Waals surface area (Å²) in [5, 5.41) is 10.3. The van der Waals surface area contributed by atoms with Gasteiger partial charge in [-0.05, 0) is 69.9 Å². The van der Waals surface area contributed by atoms with Crippen molar-refractivity contribution in [2.75, 3.05) is 12.9 Å². The number of allylic oxidation sites excluding steroid dienone is 4. The Bertz CT molecular complexity index is 843. The summed E-state index contributed by atoms with van der Waals surface area (Å²) in [7, 11) is 0.464. The molecule has 0 aliphatic heterocycles. The van der Waals surface area contributed by atoms with Gasteiger partial charge in [0.15, 0.2) is 0 Å². The van der Waals surface area contributed by atoms with Crippen molar-refractivity contribution >= 4 is 22.6 Å². The number of ketones is 1. The van der Waals surface area contributed by atoms with E-state index >= 15 is 0 Å². The molecule has 1 N–H and O–H groups in total. The van der Waals surface area contributed by atoms with Gasteiger partial charge in [-0.2, -0.15) is 0 Å². The van der Waals surface area contributed by atoms with E-state index in [0.29, 0.717) is 25.0 Å². The minimum atomic E-state index is -0.925. The van der Waals surface area contributed by atoms with Gasteiger partial charge in [0.1, 0.15) is 5.78 Å². The molecule has 0 aromatic heterocycles. The molecule has 1 unspecified atom stereocenters. The Morgan fingerprint density at radius 2 is 1.71 bits per heavy atom. The summed E-state index contributed by atoms with van der Waals surface area (Å²) in [6.45, 7) is 2.03. The minimum absolute atomic E-state index is 0.0274. The molecule has 1 aromatic rings. The van der Waals surface area contributed by atoms with Gasteiger partial charge in [0, 0.05) is 29.4 Å². The molecule has 6 heteroatoms. The number of aryl methyl sites for hydroxylation is 1. The molecule has 34 heavy (non-hydrogen) atoms. The lowest BCUT2D eigenvalue weighted by Crippen LogP contribution is -2.19. The number of hydrogen-bond donors (Lipinski definition) is 1. The van der Waals surface area contributed by atoms with Crippen molar-refractivity contribution in [1.82, 2.24) is 0 Å². The highest BCUT2D eigenvalue weighted by atomic mass is 32.2. The van der Waals surface area contributed by atoms with E-state index in [9.17, 15) is 18.9 Å². The molecule has 0 amide bonds. The predicted molar refractivity (Wildman–Crippen MR) is 137 cm³/mol. The summed E-state index contributed by atoms with van der Waals surface area (Å²) >= 11 is 0. The molecule has 1 fully saturated rings. The number of aliphatic hydroxyl groups excluding tert-OH is 1. The third-order valence-corrected chi connectivity index (χ3v) is 7.89. The SMILES string of the molecule is COC(=O)CCC/C=C\C[C@H]1C(=O)C[C@@H](O)[C@@H]1C/C=C/CCCCCS(=O)c1ccc(C)cc1. The van der Waals surface area contributed by atoms with Crippen LogP contribution in [0.25, 0.3) is 0 Å². The van der Waals surface area contributed by atoms with Gasteiger partial charge in [-0.3, -0.25) is 13.8 Å². The number of aliphatic hydroxyl groups is 1. The van der Waals surface area contributed by atoms with Crippen molar-refractivity contribution in [3.63, 3.8) is 0 Å². The quantitative estimate of drug-likeness (QED) is 0.201. The van der Waals surface area contributed by atoms with Crippen molar-refractivity contribution in [3.05, 3.63) is 54.1 Å². The lowest BCUT2D eigenvalue weighted by Gasteiger charge is -2.18. The highest BCUT2D eigenvalue weighted by molar-refractivity contribution is 7.85. The largest absolute Gasteiger partial charge is 0.469 e. The van der Waals surface area contributed by atoms with Crippen LogP contribution in [0.15, 0.2) is 53.5 Å². The number of esters is 1. The van der Waals surface area contributed by atoms with Gasteiger partial charge < -0.3 is 9.84 Å². The molecule has 0 heterocycles. The Kier molecular flexibility index (Phi) is 13.1. The number of benzene rings is 1. The number of hydrogen-bond acceptors (Lipinski definition) is 5. The summed E-state index contributed by atoms with van der Waals surface area (Å²) in [6.07, 6.45) is 15.2. The average Bonchev–Trinajstić information content (AvgIpc) is 3.09. The fourth-order valence-electron chi connectivity index (χ4n) is 4.32. The Hall–Kier alpha value is -2.05. The number of rotatable bonds is 15. The fraction of sp³-hybridized carbons (Fsp3) is 0.571. The molecule has 5 nitrogen and oxygen atoms in total. The minimum Gasteiger partial charge on any atom is -0.469 e. The van der Waals surface area contributed by atoms with Crippen molar-refractivity contribution in [1.29, 1.82) is 0 Å². The second-order valence-electron chi connectivity index (χ2n) is 9.10. The van der Waals surface area contributed by atoms with Gasteiger partial charge >= 0.3 is 5.97 Å². The van der Waals surface area contributed by atoms with Gasteiger partial charge in [-0.1, -0.05) is 48.4 Å². The Morgan fingerprint density at radius 1 is 1.03 bits per heavy atom. The molecule has 1 aromatic carbocycles. The highest BCUT2D eigenvalue weighted by Gasteiger charge is 2.39. The van der Waals surface area contributed by atoms with Gasteiger partial charge in [-0.15, -0.1) is 0 Å². The van der Waals surface area contributed by atoms with E-state index in [2.05, 4.69) is 16.9 Å². The van der Waals surface area contributed by atoms with E-state index in [1.807, 2.05) is 43.3 Å². The predicted octanol–water partition coefficient (Wildman–Crippen LogP) is 5.47. The lowest BCUT2D eigenvalue weighted by atomic mass is 9.88. The molecule has 0 bridgehead atoms. The molecule has 1 aliphatic carbocycles. The monoisotopic (exact) mass is 488 g/mol. The molecule has 0 radical (unpaired) electrons. The summed E-state index contributed by atoms with van der Waals surface area (Å²) in [4.78, 5) is 24.4. The first-order valence-corrected chi connectivity index (χ1v) is 13.8. The Balaban J connectivity index is 1.62. The summed E-state index contributed by atoms with van der Waals surface area (Å²) < 4.78 is 16.9. The molecular formula is C28H40O5S. The smallest absolute Gasteiger partial charge is 0.305 e. The third-order valence-electron chi connectivity index (χ3n) is 6.43. The van der Waals surface area contributed by atoms with Crippen LogP contribution >= 0.6 is 0 Å². The van der Waals surface area contributed by atoms with Crippen LogP contribution in [0.2, 0.25) is 0 Å². The zero-order chi connectivity index (χ0) is 24.8. The maximum absolute atomic E-state index is 12.3. The first-order valence-electron chi connectivity index (χ1n) is 12.4. The molecule has 1 saturated carbocycles. The topological polar surface area (TPSA) is 80.7 Å². The van der Waals surface area contributed by atoms with Crippen LogP contribution in [-0.2, 0) is 25.1 Å². The Labute approximate surface area is 207 Å². The van der Waals surface area contributed by atoms with Crippen molar-refractivity contribution in [2.24, 2.45) is 11.8 Å².